The Balaban J connectivity index is 2.09. The number of nitrogens with one attached hydrogen (secondary N) is 1. The first-order valence-corrected chi connectivity index (χ1v) is 7.99. The van der Waals surface area contributed by atoms with Crippen LogP contribution in [0.25, 0.3) is 0 Å². The summed E-state index contributed by atoms with van der Waals surface area (Å²) in [5.74, 6) is 0.0634. The second kappa shape index (κ2) is 5.95. The van der Waals surface area contributed by atoms with Crippen molar-refractivity contribution >= 4 is 21.6 Å². The molecule has 0 saturated heterocycles. The summed E-state index contributed by atoms with van der Waals surface area (Å²) in [4.78, 5) is 3.82. The number of hydrogen-bond acceptors (Lipinski definition) is 3. The molecule has 5 nitrogen and oxygen atoms in total. The zero-order valence-corrected chi connectivity index (χ0v) is 12.8. The van der Waals surface area contributed by atoms with E-state index in [4.69, 9.17) is 11.6 Å². The minimum Gasteiger partial charge on any atom is -0.324 e. The van der Waals surface area contributed by atoms with Crippen molar-refractivity contribution in [2.75, 3.05) is 6.54 Å². The summed E-state index contributed by atoms with van der Waals surface area (Å²) in [6.45, 7) is 2.25. The van der Waals surface area contributed by atoms with Crippen molar-refractivity contribution in [3.8, 4) is 0 Å². The molecular formula is C13H16ClN3O2S. The first-order chi connectivity index (χ1) is 9.42. The maximum atomic E-state index is 12.1. The lowest BCUT2D eigenvalue weighted by Gasteiger charge is -2.12. The number of benzene rings is 1. The molecule has 0 amide bonds. The molecule has 0 aliphatic heterocycles. The molecule has 20 heavy (non-hydrogen) atoms. The molecule has 2 aromatic rings. The Labute approximate surface area is 123 Å². The van der Waals surface area contributed by atoms with Gasteiger partial charge in [0.05, 0.1) is 6.33 Å². The fourth-order valence-electron chi connectivity index (χ4n) is 1.78. The molecule has 0 unspecified atom stereocenters. The van der Waals surface area contributed by atoms with E-state index in [0.717, 1.165) is 5.56 Å². The first-order valence-electron chi connectivity index (χ1n) is 6.13. The van der Waals surface area contributed by atoms with Crippen LogP contribution in [0.2, 0.25) is 5.15 Å². The first kappa shape index (κ1) is 15.0. The van der Waals surface area contributed by atoms with E-state index in [1.54, 1.807) is 7.05 Å². The highest BCUT2D eigenvalue weighted by molar-refractivity contribution is 7.89. The lowest BCUT2D eigenvalue weighted by Crippen LogP contribution is -2.28. The van der Waals surface area contributed by atoms with Crippen LogP contribution in [0.3, 0.4) is 0 Å². The molecule has 1 atom stereocenters. The highest BCUT2D eigenvalue weighted by Gasteiger charge is 2.22. The lowest BCUT2D eigenvalue weighted by molar-refractivity contribution is 0.571. The average molecular weight is 314 g/mol. The molecule has 1 aromatic heterocycles. The maximum absolute atomic E-state index is 12.1. The van der Waals surface area contributed by atoms with Gasteiger partial charge >= 0.3 is 0 Å². The van der Waals surface area contributed by atoms with Crippen molar-refractivity contribution in [3.63, 3.8) is 0 Å². The number of halogens is 1. The molecular weight excluding hydrogens is 298 g/mol. The van der Waals surface area contributed by atoms with Crippen molar-refractivity contribution in [1.82, 2.24) is 14.3 Å². The normalized spacial score (nSPS) is 13.3. The van der Waals surface area contributed by atoms with E-state index >= 15 is 0 Å². The molecule has 7 heteroatoms. The number of sulfonamides is 1. The molecule has 2 rings (SSSR count). The molecule has 1 N–H and O–H groups in total. The summed E-state index contributed by atoms with van der Waals surface area (Å²) in [5.41, 5.74) is 1.07. The van der Waals surface area contributed by atoms with Gasteiger partial charge in [0.2, 0.25) is 5.03 Å². The van der Waals surface area contributed by atoms with Crippen LogP contribution in [0.1, 0.15) is 18.4 Å². The summed E-state index contributed by atoms with van der Waals surface area (Å²) in [7, 11) is -2.05. The fraction of sp³-hybridized carbons (Fsp3) is 0.308. The van der Waals surface area contributed by atoms with E-state index in [-0.39, 0.29) is 16.1 Å². The third-order valence-electron chi connectivity index (χ3n) is 3.04. The van der Waals surface area contributed by atoms with Gasteiger partial charge in [-0.3, -0.25) is 0 Å². The van der Waals surface area contributed by atoms with E-state index < -0.39 is 10.0 Å². The Bertz CT molecular complexity index is 683. The third-order valence-corrected chi connectivity index (χ3v) is 4.95. The summed E-state index contributed by atoms with van der Waals surface area (Å²) in [6, 6.07) is 9.71. The van der Waals surface area contributed by atoms with Gasteiger partial charge in [-0.1, -0.05) is 48.9 Å². The van der Waals surface area contributed by atoms with Crippen LogP contribution in [-0.4, -0.2) is 24.5 Å². The van der Waals surface area contributed by atoms with Crippen LogP contribution in [0.5, 0.6) is 0 Å². The molecule has 108 valence electrons. The molecule has 0 fully saturated rings. The second-order valence-corrected chi connectivity index (χ2v) is 6.66. The van der Waals surface area contributed by atoms with Gasteiger partial charge in [0, 0.05) is 13.6 Å². The quantitative estimate of drug-likeness (QED) is 0.920. The standard InChI is InChI=1S/C13H16ClN3O2S/c1-10(11-6-4-3-5-7-11)8-16-20(18,19)13-12(14)17(2)9-15-13/h3-7,9-10,16H,8H2,1-2H3/t10-/m1/s1. The Kier molecular flexibility index (Phi) is 4.47. The van der Waals surface area contributed by atoms with Gasteiger partial charge in [-0.15, -0.1) is 0 Å². The lowest BCUT2D eigenvalue weighted by atomic mass is 10.0. The van der Waals surface area contributed by atoms with Crippen LogP contribution >= 0.6 is 11.6 Å². The van der Waals surface area contributed by atoms with E-state index in [2.05, 4.69) is 9.71 Å². The zero-order valence-electron chi connectivity index (χ0n) is 11.2. The zero-order chi connectivity index (χ0) is 14.8. The number of aryl methyl sites for hydroxylation is 1. The molecule has 0 aliphatic carbocycles. The highest BCUT2D eigenvalue weighted by atomic mass is 35.5. The van der Waals surface area contributed by atoms with Crippen LogP contribution in [-0.2, 0) is 17.1 Å². The van der Waals surface area contributed by atoms with Gasteiger partial charge in [0.15, 0.2) is 0 Å². The van der Waals surface area contributed by atoms with Crippen LogP contribution < -0.4 is 4.72 Å². The average Bonchev–Trinajstić information content (AvgIpc) is 2.78. The molecule has 0 radical (unpaired) electrons. The topological polar surface area (TPSA) is 64.0 Å². The van der Waals surface area contributed by atoms with Gasteiger partial charge in [-0.25, -0.2) is 18.1 Å². The van der Waals surface area contributed by atoms with Crippen molar-refractivity contribution in [2.24, 2.45) is 7.05 Å². The van der Waals surface area contributed by atoms with Crippen molar-refractivity contribution in [1.29, 1.82) is 0 Å². The van der Waals surface area contributed by atoms with Gasteiger partial charge in [-0.05, 0) is 11.5 Å². The predicted molar refractivity (Wildman–Crippen MR) is 78.3 cm³/mol. The molecule has 0 bridgehead atoms. The van der Waals surface area contributed by atoms with E-state index in [1.807, 2.05) is 37.3 Å². The number of imidazole rings is 1. The Morgan fingerprint density at radius 2 is 2.00 bits per heavy atom. The number of aromatic nitrogens is 2. The maximum Gasteiger partial charge on any atom is 0.261 e. The van der Waals surface area contributed by atoms with Gasteiger partial charge < -0.3 is 4.57 Å². The van der Waals surface area contributed by atoms with Crippen LogP contribution in [0.15, 0.2) is 41.7 Å². The van der Waals surface area contributed by atoms with E-state index in [0.29, 0.717) is 6.54 Å². The minimum absolute atomic E-state index is 0.0634. The van der Waals surface area contributed by atoms with Crippen molar-refractivity contribution in [3.05, 3.63) is 47.4 Å². The SMILES string of the molecule is C[C@H](CNS(=O)(=O)c1ncn(C)c1Cl)c1ccccc1. The van der Waals surface area contributed by atoms with E-state index in [1.165, 1.54) is 10.9 Å². The van der Waals surface area contributed by atoms with Gasteiger partial charge in [0.25, 0.3) is 10.0 Å². The third kappa shape index (κ3) is 3.20. The van der Waals surface area contributed by atoms with Crippen molar-refractivity contribution < 1.29 is 8.42 Å². The Morgan fingerprint density at radius 3 is 2.55 bits per heavy atom. The summed E-state index contributed by atoms with van der Waals surface area (Å²) in [6.07, 6.45) is 1.37. The molecule has 0 saturated carbocycles. The number of hydrogen-bond donors (Lipinski definition) is 1. The fourth-order valence-corrected chi connectivity index (χ4v) is 3.33. The van der Waals surface area contributed by atoms with E-state index in [9.17, 15) is 8.42 Å². The largest absolute Gasteiger partial charge is 0.324 e. The van der Waals surface area contributed by atoms with Crippen molar-refractivity contribution in [2.45, 2.75) is 17.9 Å². The summed E-state index contributed by atoms with van der Waals surface area (Å²) >= 11 is 5.91. The van der Waals surface area contributed by atoms with Gasteiger partial charge in [0.1, 0.15) is 5.15 Å². The second-order valence-electron chi connectivity index (χ2n) is 4.62. The van der Waals surface area contributed by atoms with Gasteiger partial charge in [-0.2, -0.15) is 0 Å². The highest BCUT2D eigenvalue weighted by Crippen LogP contribution is 2.19. The molecule has 1 aromatic carbocycles. The van der Waals surface area contributed by atoms with Crippen LogP contribution in [0.4, 0.5) is 0 Å². The molecule has 1 heterocycles. The molecule has 0 aliphatic rings. The Morgan fingerprint density at radius 1 is 1.35 bits per heavy atom. The van der Waals surface area contributed by atoms with Crippen LogP contribution in [0, 0.1) is 0 Å². The minimum atomic E-state index is -3.69. The smallest absolute Gasteiger partial charge is 0.261 e. The number of nitrogens with zero attached hydrogens (tertiary/aromatic N) is 2. The molecule has 0 spiro atoms. The predicted octanol–water partition coefficient (Wildman–Crippen LogP) is 2.16. The Hall–Kier alpha value is -1.37. The summed E-state index contributed by atoms with van der Waals surface area (Å²) < 4.78 is 28.3. The summed E-state index contributed by atoms with van der Waals surface area (Å²) in [5, 5.41) is -0.0354. The number of rotatable bonds is 5. The monoisotopic (exact) mass is 313 g/mol.